The molecule has 3 heterocycles. The summed E-state index contributed by atoms with van der Waals surface area (Å²) in [6, 6.07) is 0. The third-order valence-corrected chi connectivity index (χ3v) is 3.34. The van der Waals surface area contributed by atoms with Crippen LogP contribution in [0.3, 0.4) is 0 Å². The second-order valence-electron chi connectivity index (χ2n) is 4.38. The van der Waals surface area contributed by atoms with Crippen LogP contribution < -0.4 is 10.6 Å². The third-order valence-electron chi connectivity index (χ3n) is 3.34. The maximum Gasteiger partial charge on any atom is 0.230 e. The molecule has 0 bridgehead atoms. The first-order chi connectivity index (χ1) is 7.86. The van der Waals surface area contributed by atoms with Gasteiger partial charge in [0, 0.05) is 31.6 Å². The summed E-state index contributed by atoms with van der Waals surface area (Å²) in [6.07, 6.45) is 2.78. The summed E-state index contributed by atoms with van der Waals surface area (Å²) < 4.78 is 5.38. The molecule has 0 spiro atoms. The number of carbonyl (C=O) groups is 1. The molecule has 2 aliphatic rings. The van der Waals surface area contributed by atoms with Gasteiger partial charge in [0.05, 0.1) is 11.6 Å². The minimum absolute atomic E-state index is 0.0794. The van der Waals surface area contributed by atoms with E-state index in [1.165, 1.54) is 0 Å². The van der Waals surface area contributed by atoms with Crippen molar-refractivity contribution in [3.8, 4) is 0 Å². The second kappa shape index (κ2) is 3.90. The Morgan fingerprint density at radius 1 is 1.38 bits per heavy atom. The normalized spacial score (nSPS) is 25.0. The van der Waals surface area contributed by atoms with E-state index in [1.807, 2.05) is 0 Å². The number of nitrogens with zero attached hydrogens (tertiary/aromatic N) is 1. The number of carbonyl (C=O) groups excluding carboxylic acids is 1. The summed E-state index contributed by atoms with van der Waals surface area (Å²) in [7, 11) is 0. The van der Waals surface area contributed by atoms with Gasteiger partial charge in [0.2, 0.25) is 5.91 Å². The first-order valence-electron chi connectivity index (χ1n) is 5.82. The predicted molar refractivity (Wildman–Crippen MR) is 56.9 cm³/mol. The van der Waals surface area contributed by atoms with Gasteiger partial charge < -0.3 is 15.2 Å². The highest BCUT2D eigenvalue weighted by Crippen LogP contribution is 2.30. The van der Waals surface area contributed by atoms with Gasteiger partial charge in [0.25, 0.3) is 0 Å². The second-order valence-corrected chi connectivity index (χ2v) is 4.38. The van der Waals surface area contributed by atoms with E-state index in [0.717, 1.165) is 55.9 Å². The molecule has 0 aromatic carbocycles. The zero-order chi connectivity index (χ0) is 11.0. The predicted octanol–water partition coefficient (Wildman–Crippen LogP) is 0.314. The van der Waals surface area contributed by atoms with Crippen LogP contribution in [0.5, 0.6) is 0 Å². The molecule has 2 aliphatic heterocycles. The van der Waals surface area contributed by atoms with Crippen LogP contribution in [0.4, 0.5) is 0 Å². The molecule has 1 amide bonds. The van der Waals surface area contributed by atoms with Gasteiger partial charge >= 0.3 is 0 Å². The SMILES string of the molecule is O=C1NCCCC1c1onc2c1CNCC2. The standard InChI is InChI=1S/C11H15N3O2/c15-11-7(2-1-4-13-11)10-8-6-12-5-3-9(8)14-16-10/h7,12H,1-6H2,(H,13,15). The Hall–Kier alpha value is -1.36. The van der Waals surface area contributed by atoms with Crippen LogP contribution in [0, 0.1) is 0 Å². The van der Waals surface area contributed by atoms with Crippen molar-refractivity contribution in [3.63, 3.8) is 0 Å². The smallest absolute Gasteiger partial charge is 0.230 e. The lowest BCUT2D eigenvalue weighted by atomic mass is 9.92. The van der Waals surface area contributed by atoms with E-state index in [0.29, 0.717) is 0 Å². The van der Waals surface area contributed by atoms with Crippen LogP contribution in [0.15, 0.2) is 4.52 Å². The van der Waals surface area contributed by atoms with E-state index < -0.39 is 0 Å². The topological polar surface area (TPSA) is 67.2 Å². The molecule has 86 valence electrons. The highest BCUT2D eigenvalue weighted by Gasteiger charge is 2.31. The minimum atomic E-state index is -0.134. The zero-order valence-corrected chi connectivity index (χ0v) is 9.08. The lowest BCUT2D eigenvalue weighted by Gasteiger charge is -2.21. The quantitative estimate of drug-likeness (QED) is 0.716. The van der Waals surface area contributed by atoms with Crippen LogP contribution in [0.2, 0.25) is 0 Å². The van der Waals surface area contributed by atoms with E-state index in [2.05, 4.69) is 15.8 Å². The Bertz CT molecular complexity index is 413. The average Bonchev–Trinajstić information content (AvgIpc) is 2.74. The van der Waals surface area contributed by atoms with E-state index in [9.17, 15) is 4.79 Å². The van der Waals surface area contributed by atoms with Crippen molar-refractivity contribution in [3.05, 3.63) is 17.0 Å². The molecule has 1 fully saturated rings. The summed E-state index contributed by atoms with van der Waals surface area (Å²) in [5, 5.41) is 10.2. The molecule has 0 aliphatic carbocycles. The Morgan fingerprint density at radius 3 is 3.19 bits per heavy atom. The maximum absolute atomic E-state index is 11.8. The largest absolute Gasteiger partial charge is 0.360 e. The highest BCUT2D eigenvalue weighted by atomic mass is 16.5. The van der Waals surface area contributed by atoms with Crippen molar-refractivity contribution in [1.29, 1.82) is 0 Å². The zero-order valence-electron chi connectivity index (χ0n) is 9.08. The number of piperidine rings is 1. The van der Waals surface area contributed by atoms with Gasteiger partial charge in [-0.15, -0.1) is 0 Å². The van der Waals surface area contributed by atoms with Crippen molar-refractivity contribution < 1.29 is 9.32 Å². The van der Waals surface area contributed by atoms with Gasteiger partial charge in [0.15, 0.2) is 5.76 Å². The van der Waals surface area contributed by atoms with Crippen molar-refractivity contribution in [2.45, 2.75) is 31.7 Å². The fourth-order valence-electron chi connectivity index (χ4n) is 2.46. The molecule has 5 nitrogen and oxygen atoms in total. The van der Waals surface area contributed by atoms with Crippen LogP contribution in [0.25, 0.3) is 0 Å². The molecule has 5 heteroatoms. The molecular formula is C11H15N3O2. The average molecular weight is 221 g/mol. The molecule has 1 atom stereocenters. The molecule has 1 aromatic heterocycles. The Morgan fingerprint density at radius 2 is 2.31 bits per heavy atom. The summed E-state index contributed by atoms with van der Waals surface area (Å²) >= 11 is 0. The summed E-state index contributed by atoms with van der Waals surface area (Å²) in [5.74, 6) is 0.722. The van der Waals surface area contributed by atoms with Crippen molar-refractivity contribution in [1.82, 2.24) is 15.8 Å². The van der Waals surface area contributed by atoms with Crippen LogP contribution in [0.1, 0.15) is 35.8 Å². The lowest BCUT2D eigenvalue weighted by Crippen LogP contribution is -2.35. The number of aromatic nitrogens is 1. The number of fused-ring (bicyclic) bond motifs is 1. The fourth-order valence-corrected chi connectivity index (χ4v) is 2.46. The Balaban J connectivity index is 1.93. The molecule has 2 N–H and O–H groups in total. The molecule has 0 radical (unpaired) electrons. The monoisotopic (exact) mass is 221 g/mol. The van der Waals surface area contributed by atoms with Gasteiger partial charge in [-0.3, -0.25) is 4.79 Å². The first kappa shape index (κ1) is 9.84. The van der Waals surface area contributed by atoms with Gasteiger partial charge in [-0.25, -0.2) is 0 Å². The van der Waals surface area contributed by atoms with Crippen LogP contribution >= 0.6 is 0 Å². The Labute approximate surface area is 93.6 Å². The van der Waals surface area contributed by atoms with Gasteiger partial charge in [-0.2, -0.15) is 0 Å². The van der Waals surface area contributed by atoms with Crippen LogP contribution in [-0.2, 0) is 17.8 Å². The molecule has 0 saturated carbocycles. The number of amides is 1. The Kier molecular flexibility index (Phi) is 2.40. The van der Waals surface area contributed by atoms with Gasteiger partial charge in [-0.1, -0.05) is 5.16 Å². The summed E-state index contributed by atoms with van der Waals surface area (Å²) in [6.45, 7) is 2.50. The number of hydrogen-bond acceptors (Lipinski definition) is 4. The molecule has 16 heavy (non-hydrogen) atoms. The molecular weight excluding hydrogens is 206 g/mol. The minimum Gasteiger partial charge on any atom is -0.360 e. The molecule has 3 rings (SSSR count). The maximum atomic E-state index is 11.8. The van der Waals surface area contributed by atoms with Gasteiger partial charge in [-0.05, 0) is 12.8 Å². The van der Waals surface area contributed by atoms with Crippen molar-refractivity contribution >= 4 is 5.91 Å². The number of hydrogen-bond donors (Lipinski definition) is 2. The first-order valence-corrected chi connectivity index (χ1v) is 5.82. The van der Waals surface area contributed by atoms with E-state index in [-0.39, 0.29) is 11.8 Å². The number of nitrogens with one attached hydrogen (secondary N) is 2. The summed E-state index contributed by atoms with van der Waals surface area (Å²) in [5.41, 5.74) is 2.13. The lowest BCUT2D eigenvalue weighted by molar-refractivity contribution is -0.124. The van der Waals surface area contributed by atoms with Crippen molar-refractivity contribution in [2.75, 3.05) is 13.1 Å². The van der Waals surface area contributed by atoms with Gasteiger partial charge in [0.1, 0.15) is 0 Å². The summed E-state index contributed by atoms with van der Waals surface area (Å²) in [4.78, 5) is 11.8. The van der Waals surface area contributed by atoms with E-state index >= 15 is 0 Å². The molecule has 1 saturated heterocycles. The fraction of sp³-hybridized carbons (Fsp3) is 0.636. The van der Waals surface area contributed by atoms with Crippen molar-refractivity contribution in [2.24, 2.45) is 0 Å². The third kappa shape index (κ3) is 1.51. The number of rotatable bonds is 1. The highest BCUT2D eigenvalue weighted by molar-refractivity contribution is 5.84. The van der Waals surface area contributed by atoms with E-state index in [4.69, 9.17) is 4.52 Å². The van der Waals surface area contributed by atoms with Crippen LogP contribution in [-0.4, -0.2) is 24.2 Å². The molecule has 1 aromatic rings. The van der Waals surface area contributed by atoms with E-state index in [1.54, 1.807) is 0 Å². The molecule has 1 unspecified atom stereocenters.